The maximum atomic E-state index is 12.8. The SMILES string of the molecule is CC(C)(C)OC(=O)N(C1CC1)[C@H]1C[C@H]2[C@H](O)[C@@H](SC(=O)c3ccccc3)C[C@H]21. The van der Waals surface area contributed by atoms with Gasteiger partial charge in [0.1, 0.15) is 5.60 Å². The number of carbonyl (C=O) groups excluding carboxylic acids is 2. The van der Waals surface area contributed by atoms with Gasteiger partial charge in [0.25, 0.3) is 0 Å². The Labute approximate surface area is 170 Å². The summed E-state index contributed by atoms with van der Waals surface area (Å²) in [6.45, 7) is 5.67. The molecule has 4 rings (SSSR count). The summed E-state index contributed by atoms with van der Waals surface area (Å²) in [5, 5.41) is 10.6. The van der Waals surface area contributed by atoms with E-state index in [2.05, 4.69) is 0 Å². The van der Waals surface area contributed by atoms with E-state index in [1.54, 1.807) is 0 Å². The van der Waals surface area contributed by atoms with Gasteiger partial charge in [-0.25, -0.2) is 4.79 Å². The molecule has 0 radical (unpaired) electrons. The Morgan fingerprint density at radius 3 is 2.39 bits per heavy atom. The second kappa shape index (κ2) is 7.38. The highest BCUT2D eigenvalue weighted by molar-refractivity contribution is 8.14. The van der Waals surface area contributed by atoms with Crippen molar-refractivity contribution in [2.75, 3.05) is 0 Å². The summed E-state index contributed by atoms with van der Waals surface area (Å²) < 4.78 is 5.65. The number of amides is 1. The Morgan fingerprint density at radius 1 is 1.11 bits per heavy atom. The largest absolute Gasteiger partial charge is 0.444 e. The van der Waals surface area contributed by atoms with E-state index >= 15 is 0 Å². The summed E-state index contributed by atoms with van der Waals surface area (Å²) in [6, 6.07) is 9.62. The molecular weight excluding hydrogens is 374 g/mol. The first-order valence-electron chi connectivity index (χ1n) is 10.2. The summed E-state index contributed by atoms with van der Waals surface area (Å²) in [4.78, 5) is 27.3. The Balaban J connectivity index is 1.41. The molecule has 1 amide bonds. The number of fused-ring (bicyclic) bond motifs is 1. The van der Waals surface area contributed by atoms with E-state index in [-0.39, 0.29) is 40.4 Å². The number of aliphatic hydroxyl groups is 1. The average molecular weight is 404 g/mol. The van der Waals surface area contributed by atoms with Gasteiger partial charge in [0.2, 0.25) is 5.12 Å². The third-order valence-electron chi connectivity index (χ3n) is 6.05. The van der Waals surface area contributed by atoms with E-state index < -0.39 is 11.7 Å². The van der Waals surface area contributed by atoms with Crippen LogP contribution in [0.5, 0.6) is 0 Å². The molecule has 3 aliphatic rings. The molecule has 0 unspecified atom stereocenters. The van der Waals surface area contributed by atoms with Crippen molar-refractivity contribution in [3.8, 4) is 0 Å². The average Bonchev–Trinajstić information content (AvgIpc) is 3.41. The number of rotatable bonds is 4. The van der Waals surface area contributed by atoms with Crippen LogP contribution in [-0.2, 0) is 4.74 Å². The predicted octanol–water partition coefficient (Wildman–Crippen LogP) is 4.10. The van der Waals surface area contributed by atoms with Crippen molar-refractivity contribution in [1.29, 1.82) is 0 Å². The van der Waals surface area contributed by atoms with Gasteiger partial charge >= 0.3 is 6.09 Å². The quantitative estimate of drug-likeness (QED) is 0.820. The molecule has 0 aliphatic heterocycles. The van der Waals surface area contributed by atoms with E-state index in [9.17, 15) is 14.7 Å². The number of benzene rings is 1. The van der Waals surface area contributed by atoms with E-state index in [1.165, 1.54) is 11.8 Å². The molecule has 3 aliphatic carbocycles. The molecule has 1 aromatic rings. The zero-order valence-corrected chi connectivity index (χ0v) is 17.5. The second-order valence-electron chi connectivity index (χ2n) is 9.29. The normalized spacial score (nSPS) is 31.6. The van der Waals surface area contributed by atoms with Gasteiger partial charge in [0, 0.05) is 22.9 Å². The minimum Gasteiger partial charge on any atom is -0.444 e. The highest BCUT2D eigenvalue weighted by Crippen LogP contribution is 2.54. The van der Waals surface area contributed by atoms with Crippen molar-refractivity contribution in [3.05, 3.63) is 35.9 Å². The van der Waals surface area contributed by atoms with Crippen LogP contribution in [0.25, 0.3) is 0 Å². The van der Waals surface area contributed by atoms with Crippen LogP contribution in [0.1, 0.15) is 56.8 Å². The number of nitrogens with zero attached hydrogens (tertiary/aromatic N) is 1. The summed E-state index contributed by atoms with van der Waals surface area (Å²) >= 11 is 1.25. The Bertz CT molecular complexity index is 743. The molecule has 0 bridgehead atoms. The first-order valence-corrected chi connectivity index (χ1v) is 11.1. The first kappa shape index (κ1) is 19.8. The van der Waals surface area contributed by atoms with Crippen molar-refractivity contribution in [3.63, 3.8) is 0 Å². The van der Waals surface area contributed by atoms with Gasteiger partial charge in [-0.05, 0) is 58.3 Å². The first-order chi connectivity index (χ1) is 13.2. The Hall–Kier alpha value is -1.53. The molecule has 0 heterocycles. The van der Waals surface area contributed by atoms with E-state index in [1.807, 2.05) is 56.0 Å². The van der Waals surface area contributed by atoms with E-state index in [0.717, 1.165) is 25.7 Å². The molecule has 6 heteroatoms. The fourth-order valence-corrected chi connectivity index (χ4v) is 5.77. The van der Waals surface area contributed by atoms with E-state index in [0.29, 0.717) is 5.56 Å². The second-order valence-corrected chi connectivity index (χ2v) is 10.5. The third-order valence-corrected chi connectivity index (χ3v) is 7.28. The maximum absolute atomic E-state index is 12.8. The number of thioether (sulfide) groups is 1. The highest BCUT2D eigenvalue weighted by atomic mass is 32.2. The molecule has 5 nitrogen and oxygen atoms in total. The van der Waals surface area contributed by atoms with Gasteiger partial charge in [-0.2, -0.15) is 0 Å². The predicted molar refractivity (Wildman–Crippen MR) is 109 cm³/mol. The lowest BCUT2D eigenvalue weighted by molar-refractivity contribution is -0.0422. The van der Waals surface area contributed by atoms with Crippen molar-refractivity contribution in [2.45, 2.75) is 75.5 Å². The minimum atomic E-state index is -0.511. The van der Waals surface area contributed by atoms with Crippen molar-refractivity contribution in [2.24, 2.45) is 11.8 Å². The number of ether oxygens (including phenoxy) is 1. The van der Waals surface area contributed by atoms with Crippen LogP contribution >= 0.6 is 11.8 Å². The summed E-state index contributed by atoms with van der Waals surface area (Å²) in [7, 11) is 0. The van der Waals surface area contributed by atoms with Crippen LogP contribution in [0.15, 0.2) is 30.3 Å². The molecule has 0 saturated heterocycles. The minimum absolute atomic E-state index is 0.00805. The standard InChI is InChI=1S/C22H29NO4S/c1-22(2,3)27-21(26)23(14-9-10-14)17-11-16-15(17)12-18(19(16)24)28-20(25)13-7-5-4-6-8-13/h4-8,14-19,24H,9-12H2,1-3H3/t15-,16-,17+,18+,19+/m1/s1. The summed E-state index contributed by atoms with van der Waals surface area (Å²) in [6.07, 6.45) is 2.91. The molecule has 0 spiro atoms. The molecule has 0 aromatic heterocycles. The number of hydrogen-bond acceptors (Lipinski definition) is 5. The monoisotopic (exact) mass is 403 g/mol. The van der Waals surface area contributed by atoms with Crippen LogP contribution in [0.4, 0.5) is 4.79 Å². The lowest BCUT2D eigenvalue weighted by Crippen LogP contribution is -2.56. The van der Waals surface area contributed by atoms with Crippen LogP contribution in [0.3, 0.4) is 0 Å². The van der Waals surface area contributed by atoms with Crippen molar-refractivity contribution < 1.29 is 19.4 Å². The number of aliphatic hydroxyl groups excluding tert-OH is 1. The maximum Gasteiger partial charge on any atom is 0.410 e. The topological polar surface area (TPSA) is 66.8 Å². The highest BCUT2D eigenvalue weighted by Gasteiger charge is 2.58. The zero-order valence-electron chi connectivity index (χ0n) is 16.7. The Morgan fingerprint density at radius 2 is 1.79 bits per heavy atom. The smallest absolute Gasteiger partial charge is 0.410 e. The fraction of sp³-hybridized carbons (Fsp3) is 0.636. The van der Waals surface area contributed by atoms with Gasteiger partial charge in [0.05, 0.1) is 6.10 Å². The van der Waals surface area contributed by atoms with Gasteiger partial charge in [-0.1, -0.05) is 42.1 Å². The van der Waals surface area contributed by atoms with Gasteiger partial charge in [-0.3, -0.25) is 4.79 Å². The molecule has 1 N–H and O–H groups in total. The number of hydrogen-bond donors (Lipinski definition) is 1. The number of carbonyl (C=O) groups is 2. The van der Waals surface area contributed by atoms with Crippen LogP contribution in [0.2, 0.25) is 0 Å². The fourth-order valence-electron chi connectivity index (χ4n) is 4.57. The lowest BCUT2D eigenvalue weighted by Gasteiger charge is -2.48. The zero-order chi connectivity index (χ0) is 20.1. The van der Waals surface area contributed by atoms with Gasteiger partial charge < -0.3 is 14.7 Å². The molecule has 152 valence electrons. The van der Waals surface area contributed by atoms with E-state index in [4.69, 9.17) is 4.74 Å². The summed E-state index contributed by atoms with van der Waals surface area (Å²) in [5.41, 5.74) is 0.159. The molecule has 3 fully saturated rings. The van der Waals surface area contributed by atoms with Crippen molar-refractivity contribution in [1.82, 2.24) is 4.90 Å². The molecule has 5 atom stereocenters. The van der Waals surface area contributed by atoms with Crippen molar-refractivity contribution >= 4 is 23.0 Å². The molecule has 28 heavy (non-hydrogen) atoms. The Kier molecular flexibility index (Phi) is 5.21. The van der Waals surface area contributed by atoms with Crippen LogP contribution < -0.4 is 0 Å². The van der Waals surface area contributed by atoms with Crippen LogP contribution in [0, 0.1) is 11.8 Å². The molecular formula is C22H29NO4S. The van der Waals surface area contributed by atoms with Gasteiger partial charge in [-0.15, -0.1) is 0 Å². The molecule has 3 saturated carbocycles. The van der Waals surface area contributed by atoms with Gasteiger partial charge in [0.15, 0.2) is 0 Å². The lowest BCUT2D eigenvalue weighted by atomic mass is 9.70. The molecule has 1 aromatic carbocycles. The third kappa shape index (κ3) is 3.94. The summed E-state index contributed by atoms with van der Waals surface area (Å²) in [5.74, 6) is 0.430. The van der Waals surface area contributed by atoms with Crippen LogP contribution in [-0.4, -0.2) is 50.3 Å².